The summed E-state index contributed by atoms with van der Waals surface area (Å²) in [6.45, 7) is 1.69. The number of hydrogen-bond acceptors (Lipinski definition) is 5. The lowest BCUT2D eigenvalue weighted by molar-refractivity contribution is -0.274. The Morgan fingerprint density at radius 1 is 1.08 bits per heavy atom. The van der Waals surface area contributed by atoms with Crippen molar-refractivity contribution in [1.82, 2.24) is 10.1 Å². The standard InChI is InChI=1S/C17H12F3N3O3/c1-10-21-16(26-23-10)12-4-2-11(3-5-12)15(24)22-13-6-8-14(9-7-13)25-17(18,19)20/h2-9H,1H3,(H,22,24). The first-order chi connectivity index (χ1) is 12.3. The minimum absolute atomic E-state index is 0.334. The summed E-state index contributed by atoms with van der Waals surface area (Å²) in [4.78, 5) is 16.3. The van der Waals surface area contributed by atoms with E-state index in [-0.39, 0.29) is 5.75 Å². The number of aromatic nitrogens is 2. The van der Waals surface area contributed by atoms with Gasteiger partial charge < -0.3 is 14.6 Å². The highest BCUT2D eigenvalue weighted by Gasteiger charge is 2.30. The van der Waals surface area contributed by atoms with E-state index in [9.17, 15) is 18.0 Å². The maximum Gasteiger partial charge on any atom is 0.573 e. The molecule has 9 heteroatoms. The Bertz CT molecular complexity index is 903. The molecule has 3 rings (SSSR count). The summed E-state index contributed by atoms with van der Waals surface area (Å²) in [5.74, 6) is 0.0620. The van der Waals surface area contributed by atoms with Crippen LogP contribution in [0.3, 0.4) is 0 Å². The van der Waals surface area contributed by atoms with Crippen LogP contribution in [0.5, 0.6) is 5.75 Å². The molecular weight excluding hydrogens is 351 g/mol. The average molecular weight is 363 g/mol. The predicted octanol–water partition coefficient (Wildman–Crippen LogP) is 4.20. The van der Waals surface area contributed by atoms with E-state index < -0.39 is 12.3 Å². The number of halogens is 3. The van der Waals surface area contributed by atoms with Crippen molar-refractivity contribution in [3.63, 3.8) is 0 Å². The highest BCUT2D eigenvalue weighted by atomic mass is 19.4. The normalized spacial score (nSPS) is 11.2. The molecule has 0 aliphatic rings. The SMILES string of the molecule is Cc1noc(-c2ccc(C(=O)Nc3ccc(OC(F)(F)F)cc3)cc2)n1. The highest BCUT2D eigenvalue weighted by molar-refractivity contribution is 6.04. The fourth-order valence-electron chi connectivity index (χ4n) is 2.12. The van der Waals surface area contributed by atoms with Crippen LogP contribution in [-0.4, -0.2) is 22.4 Å². The molecule has 3 aromatic rings. The fraction of sp³-hybridized carbons (Fsp3) is 0.118. The van der Waals surface area contributed by atoms with Crippen LogP contribution in [-0.2, 0) is 0 Å². The summed E-state index contributed by atoms with van der Waals surface area (Å²) in [6, 6.07) is 11.3. The Morgan fingerprint density at radius 3 is 2.27 bits per heavy atom. The van der Waals surface area contributed by atoms with Crippen molar-refractivity contribution in [2.75, 3.05) is 5.32 Å². The van der Waals surface area contributed by atoms with Gasteiger partial charge >= 0.3 is 6.36 Å². The van der Waals surface area contributed by atoms with Gasteiger partial charge in [0.25, 0.3) is 11.8 Å². The monoisotopic (exact) mass is 363 g/mol. The lowest BCUT2D eigenvalue weighted by atomic mass is 10.1. The average Bonchev–Trinajstić information content (AvgIpc) is 3.02. The second-order valence-corrected chi connectivity index (χ2v) is 5.25. The minimum atomic E-state index is -4.76. The molecule has 1 heterocycles. The summed E-state index contributed by atoms with van der Waals surface area (Å²) < 4.78 is 45.2. The molecule has 0 bridgehead atoms. The molecule has 0 unspecified atom stereocenters. The van der Waals surface area contributed by atoms with Crippen LogP contribution in [0.15, 0.2) is 53.1 Å². The van der Waals surface area contributed by atoms with Crippen LogP contribution in [0.25, 0.3) is 11.5 Å². The first-order valence-corrected chi connectivity index (χ1v) is 7.38. The molecule has 0 spiro atoms. The molecule has 134 valence electrons. The van der Waals surface area contributed by atoms with E-state index >= 15 is 0 Å². The van der Waals surface area contributed by atoms with Gasteiger partial charge in [-0.1, -0.05) is 5.16 Å². The third-order valence-corrected chi connectivity index (χ3v) is 3.27. The summed E-state index contributed by atoms with van der Waals surface area (Å²) in [6.07, 6.45) is -4.76. The minimum Gasteiger partial charge on any atom is -0.406 e. The predicted molar refractivity (Wildman–Crippen MR) is 85.5 cm³/mol. The quantitative estimate of drug-likeness (QED) is 0.752. The first-order valence-electron chi connectivity index (χ1n) is 7.38. The number of carbonyl (C=O) groups excluding carboxylic acids is 1. The number of anilines is 1. The van der Waals surface area contributed by atoms with Crippen molar-refractivity contribution < 1.29 is 27.2 Å². The van der Waals surface area contributed by atoms with Crippen molar-refractivity contribution in [3.05, 3.63) is 59.9 Å². The Hall–Kier alpha value is -3.36. The number of alkyl halides is 3. The number of nitrogens with zero attached hydrogens (tertiary/aromatic N) is 2. The smallest absolute Gasteiger partial charge is 0.406 e. The fourth-order valence-corrected chi connectivity index (χ4v) is 2.12. The van der Waals surface area contributed by atoms with Gasteiger partial charge in [-0.3, -0.25) is 4.79 Å². The van der Waals surface area contributed by atoms with Crippen molar-refractivity contribution in [1.29, 1.82) is 0 Å². The zero-order valence-electron chi connectivity index (χ0n) is 13.4. The van der Waals surface area contributed by atoms with Gasteiger partial charge in [0.15, 0.2) is 5.82 Å². The zero-order valence-corrected chi connectivity index (χ0v) is 13.4. The second kappa shape index (κ2) is 6.87. The van der Waals surface area contributed by atoms with Crippen LogP contribution < -0.4 is 10.1 Å². The molecule has 0 saturated heterocycles. The third kappa shape index (κ3) is 4.38. The van der Waals surface area contributed by atoms with Gasteiger partial charge in [-0.2, -0.15) is 4.98 Å². The first kappa shape index (κ1) is 17.5. The van der Waals surface area contributed by atoms with Crippen LogP contribution in [0.4, 0.5) is 18.9 Å². The molecule has 2 aromatic carbocycles. The molecule has 0 atom stereocenters. The molecule has 0 fully saturated rings. The van der Waals surface area contributed by atoms with Gasteiger partial charge in [0.2, 0.25) is 0 Å². The van der Waals surface area contributed by atoms with Crippen molar-refractivity contribution >= 4 is 11.6 Å². The van der Waals surface area contributed by atoms with Crippen molar-refractivity contribution in [3.8, 4) is 17.2 Å². The molecule has 6 nitrogen and oxygen atoms in total. The van der Waals surface area contributed by atoms with Gasteiger partial charge in [-0.25, -0.2) is 0 Å². The van der Waals surface area contributed by atoms with E-state index in [1.807, 2.05) is 0 Å². The third-order valence-electron chi connectivity index (χ3n) is 3.27. The molecule has 0 radical (unpaired) electrons. The second-order valence-electron chi connectivity index (χ2n) is 5.25. The van der Waals surface area contributed by atoms with E-state index in [4.69, 9.17) is 4.52 Å². The van der Waals surface area contributed by atoms with Crippen LogP contribution in [0.2, 0.25) is 0 Å². The number of aryl methyl sites for hydroxylation is 1. The van der Waals surface area contributed by atoms with Gasteiger partial charge in [0.05, 0.1) is 0 Å². The zero-order chi connectivity index (χ0) is 18.7. The molecule has 1 aromatic heterocycles. The van der Waals surface area contributed by atoms with Gasteiger partial charge in [-0.05, 0) is 55.5 Å². The Morgan fingerprint density at radius 2 is 1.73 bits per heavy atom. The van der Waals surface area contributed by atoms with Gasteiger partial charge in [-0.15, -0.1) is 13.2 Å². The van der Waals surface area contributed by atoms with Crippen LogP contribution in [0.1, 0.15) is 16.2 Å². The maximum absolute atomic E-state index is 12.2. The molecule has 1 amide bonds. The molecule has 26 heavy (non-hydrogen) atoms. The molecule has 0 aliphatic carbocycles. The largest absolute Gasteiger partial charge is 0.573 e. The van der Waals surface area contributed by atoms with Crippen molar-refractivity contribution in [2.24, 2.45) is 0 Å². The van der Waals surface area contributed by atoms with Gasteiger partial charge in [0, 0.05) is 16.8 Å². The van der Waals surface area contributed by atoms with Gasteiger partial charge in [0.1, 0.15) is 5.75 Å². The van der Waals surface area contributed by atoms with Crippen molar-refractivity contribution in [2.45, 2.75) is 13.3 Å². The number of carbonyl (C=O) groups is 1. The van der Waals surface area contributed by atoms with E-state index in [0.717, 1.165) is 12.1 Å². The Labute approximate surface area is 145 Å². The number of nitrogens with one attached hydrogen (secondary N) is 1. The highest BCUT2D eigenvalue weighted by Crippen LogP contribution is 2.24. The number of rotatable bonds is 4. The number of amides is 1. The lowest BCUT2D eigenvalue weighted by Gasteiger charge is -2.10. The molecular formula is C17H12F3N3O3. The van der Waals surface area contributed by atoms with E-state index in [1.165, 1.54) is 12.1 Å². The van der Waals surface area contributed by atoms with E-state index in [2.05, 4.69) is 20.2 Å². The number of ether oxygens (including phenoxy) is 1. The number of hydrogen-bond donors (Lipinski definition) is 1. The molecule has 0 aliphatic heterocycles. The van der Waals surface area contributed by atoms with Crippen LogP contribution >= 0.6 is 0 Å². The molecule has 1 N–H and O–H groups in total. The van der Waals surface area contributed by atoms with Crippen LogP contribution in [0, 0.1) is 6.92 Å². The van der Waals surface area contributed by atoms with E-state index in [0.29, 0.717) is 28.5 Å². The van der Waals surface area contributed by atoms with E-state index in [1.54, 1.807) is 31.2 Å². The summed E-state index contributed by atoms with van der Waals surface area (Å²) >= 11 is 0. The Balaban J connectivity index is 1.66. The summed E-state index contributed by atoms with van der Waals surface area (Å²) in [7, 11) is 0. The number of benzene rings is 2. The maximum atomic E-state index is 12.2. The Kier molecular flexibility index (Phi) is 4.61. The molecule has 0 saturated carbocycles. The summed E-state index contributed by atoms with van der Waals surface area (Å²) in [5, 5.41) is 6.27. The summed E-state index contributed by atoms with van der Waals surface area (Å²) in [5.41, 5.74) is 1.36. The topological polar surface area (TPSA) is 77.2 Å². The lowest BCUT2D eigenvalue weighted by Crippen LogP contribution is -2.17.